The second kappa shape index (κ2) is 5.48. The Labute approximate surface area is 106 Å². The van der Waals surface area contributed by atoms with E-state index in [-0.39, 0.29) is 6.04 Å². The van der Waals surface area contributed by atoms with Crippen LogP contribution in [0.25, 0.3) is 0 Å². The van der Waals surface area contributed by atoms with Crippen molar-refractivity contribution in [3.05, 3.63) is 16.3 Å². The van der Waals surface area contributed by atoms with E-state index in [2.05, 4.69) is 10.0 Å². The largest absolute Gasteiger partial charge is 0.312 e. The van der Waals surface area contributed by atoms with Gasteiger partial charge < -0.3 is 5.32 Å². The Balaban J connectivity index is 2.11. The van der Waals surface area contributed by atoms with E-state index in [0.717, 1.165) is 30.7 Å². The summed E-state index contributed by atoms with van der Waals surface area (Å²) in [5.74, 6) is 0. The topological polar surface area (TPSA) is 58.2 Å². The van der Waals surface area contributed by atoms with Crippen molar-refractivity contribution in [2.24, 2.45) is 0 Å². The van der Waals surface area contributed by atoms with E-state index in [9.17, 15) is 8.42 Å². The van der Waals surface area contributed by atoms with Crippen molar-refractivity contribution in [3.63, 3.8) is 0 Å². The first-order valence-corrected chi connectivity index (χ1v) is 8.29. The fourth-order valence-electron chi connectivity index (χ4n) is 1.74. The predicted molar refractivity (Wildman–Crippen MR) is 69.7 cm³/mol. The molecule has 0 saturated heterocycles. The van der Waals surface area contributed by atoms with Gasteiger partial charge in [-0.25, -0.2) is 13.1 Å². The molecule has 1 aliphatic rings. The van der Waals surface area contributed by atoms with E-state index in [0.29, 0.717) is 11.4 Å². The molecule has 2 rings (SSSR count). The molecule has 4 nitrogen and oxygen atoms in total. The minimum Gasteiger partial charge on any atom is -0.312 e. The first-order valence-electron chi connectivity index (χ1n) is 5.93. The summed E-state index contributed by atoms with van der Waals surface area (Å²) in [7, 11) is -3.32. The monoisotopic (exact) mass is 274 g/mol. The van der Waals surface area contributed by atoms with Crippen molar-refractivity contribution < 1.29 is 8.42 Å². The maximum Gasteiger partial charge on any atom is 0.241 e. The number of rotatable bonds is 6. The van der Waals surface area contributed by atoms with Crippen LogP contribution in [-0.2, 0) is 16.6 Å². The van der Waals surface area contributed by atoms with Gasteiger partial charge in [-0.2, -0.15) is 0 Å². The van der Waals surface area contributed by atoms with E-state index < -0.39 is 10.0 Å². The van der Waals surface area contributed by atoms with Gasteiger partial charge in [-0.1, -0.05) is 13.3 Å². The smallest absolute Gasteiger partial charge is 0.241 e. The lowest BCUT2D eigenvalue weighted by Gasteiger charge is -2.26. The van der Waals surface area contributed by atoms with Crippen LogP contribution in [-0.4, -0.2) is 21.0 Å². The van der Waals surface area contributed by atoms with Crippen LogP contribution in [0.3, 0.4) is 0 Å². The van der Waals surface area contributed by atoms with Crippen LogP contribution in [0.2, 0.25) is 0 Å². The molecule has 1 aliphatic carbocycles. The third-order valence-electron chi connectivity index (χ3n) is 2.96. The summed E-state index contributed by atoms with van der Waals surface area (Å²) in [4.78, 5) is 1.33. The Morgan fingerprint density at radius 3 is 2.82 bits per heavy atom. The normalized spacial score (nSPS) is 17.0. The highest BCUT2D eigenvalue weighted by atomic mass is 32.2. The minimum atomic E-state index is -3.32. The van der Waals surface area contributed by atoms with Crippen molar-refractivity contribution in [2.75, 3.05) is 6.54 Å². The fraction of sp³-hybridized carbons (Fsp3) is 0.636. The molecule has 1 saturated carbocycles. The molecular formula is C11H18N2O2S2. The first-order chi connectivity index (χ1) is 8.13. The number of nitrogens with one attached hydrogen (secondary N) is 2. The quantitative estimate of drug-likeness (QED) is 0.830. The third kappa shape index (κ3) is 3.07. The van der Waals surface area contributed by atoms with Gasteiger partial charge in [-0.15, -0.1) is 11.3 Å². The molecule has 0 spiro atoms. The molecule has 0 bridgehead atoms. The Kier molecular flexibility index (Phi) is 4.19. The van der Waals surface area contributed by atoms with E-state index in [1.54, 1.807) is 6.07 Å². The lowest BCUT2D eigenvalue weighted by molar-refractivity contribution is 0.383. The summed E-state index contributed by atoms with van der Waals surface area (Å²) >= 11 is 1.49. The van der Waals surface area contributed by atoms with E-state index in [1.165, 1.54) is 11.3 Å². The molecule has 0 atom stereocenters. The van der Waals surface area contributed by atoms with Crippen LogP contribution in [0.15, 0.2) is 16.3 Å². The Morgan fingerprint density at radius 2 is 2.24 bits per heavy atom. The van der Waals surface area contributed by atoms with Crippen LogP contribution >= 0.6 is 11.3 Å². The van der Waals surface area contributed by atoms with Crippen LogP contribution in [0.4, 0.5) is 0 Å². The zero-order chi connectivity index (χ0) is 12.3. The molecule has 1 heterocycles. The summed E-state index contributed by atoms with van der Waals surface area (Å²) in [5.41, 5.74) is 0. The lowest BCUT2D eigenvalue weighted by atomic mass is 9.94. The molecule has 0 unspecified atom stereocenters. The highest BCUT2D eigenvalue weighted by Crippen LogP contribution is 2.25. The van der Waals surface area contributed by atoms with Gasteiger partial charge in [0.15, 0.2) is 0 Å². The fourth-order valence-corrected chi connectivity index (χ4v) is 4.46. The molecule has 1 fully saturated rings. The maximum atomic E-state index is 12.1. The van der Waals surface area contributed by atoms with Gasteiger partial charge >= 0.3 is 0 Å². The SMILES string of the molecule is CCNCc1sccc1S(=O)(=O)NC1CCC1. The van der Waals surface area contributed by atoms with Crippen molar-refractivity contribution in [1.82, 2.24) is 10.0 Å². The summed E-state index contributed by atoms with van der Waals surface area (Å²) in [6.45, 7) is 3.47. The van der Waals surface area contributed by atoms with Gasteiger partial charge in [0.25, 0.3) is 0 Å². The summed E-state index contributed by atoms with van der Waals surface area (Å²) in [6.07, 6.45) is 3.05. The van der Waals surface area contributed by atoms with Crippen LogP contribution in [0.1, 0.15) is 31.1 Å². The van der Waals surface area contributed by atoms with E-state index in [4.69, 9.17) is 0 Å². The average molecular weight is 274 g/mol. The molecule has 17 heavy (non-hydrogen) atoms. The van der Waals surface area contributed by atoms with E-state index >= 15 is 0 Å². The number of hydrogen-bond acceptors (Lipinski definition) is 4. The Hall–Kier alpha value is -0.430. The standard InChI is InChI=1S/C11H18N2O2S2/c1-2-12-8-10-11(6-7-16-10)17(14,15)13-9-4-3-5-9/h6-7,9,12-13H,2-5,8H2,1H3. The van der Waals surface area contributed by atoms with Crippen LogP contribution < -0.4 is 10.0 Å². The molecule has 0 aliphatic heterocycles. The molecule has 0 aromatic carbocycles. The number of hydrogen-bond donors (Lipinski definition) is 2. The van der Waals surface area contributed by atoms with Gasteiger partial charge in [0.1, 0.15) is 0 Å². The predicted octanol–water partition coefficient (Wildman–Crippen LogP) is 1.69. The van der Waals surface area contributed by atoms with Crippen molar-refractivity contribution in [2.45, 2.75) is 43.7 Å². The van der Waals surface area contributed by atoms with Gasteiger partial charge in [-0.3, -0.25) is 0 Å². The Bertz CT molecular complexity index is 464. The molecule has 0 amide bonds. The molecule has 1 aromatic rings. The van der Waals surface area contributed by atoms with Gasteiger partial charge in [-0.05, 0) is 30.8 Å². The summed E-state index contributed by atoms with van der Waals surface area (Å²) in [5, 5.41) is 5.00. The van der Waals surface area contributed by atoms with Gasteiger partial charge in [0.05, 0.1) is 4.90 Å². The molecular weight excluding hydrogens is 256 g/mol. The minimum absolute atomic E-state index is 0.145. The average Bonchev–Trinajstić information content (AvgIpc) is 2.69. The summed E-state index contributed by atoms with van der Waals surface area (Å²) in [6, 6.07) is 1.84. The first kappa shape index (κ1) is 13.0. The third-order valence-corrected chi connectivity index (χ3v) is 5.61. The van der Waals surface area contributed by atoms with E-state index in [1.807, 2.05) is 12.3 Å². The van der Waals surface area contributed by atoms with Crippen molar-refractivity contribution in [1.29, 1.82) is 0 Å². The Morgan fingerprint density at radius 1 is 1.47 bits per heavy atom. The second-order valence-electron chi connectivity index (χ2n) is 4.24. The molecule has 0 radical (unpaired) electrons. The van der Waals surface area contributed by atoms with Crippen molar-refractivity contribution >= 4 is 21.4 Å². The van der Waals surface area contributed by atoms with Gasteiger partial charge in [0.2, 0.25) is 10.0 Å². The number of sulfonamides is 1. The van der Waals surface area contributed by atoms with Gasteiger partial charge in [0, 0.05) is 17.5 Å². The zero-order valence-corrected chi connectivity index (χ0v) is 11.5. The maximum absolute atomic E-state index is 12.1. The molecule has 6 heteroatoms. The highest BCUT2D eigenvalue weighted by molar-refractivity contribution is 7.89. The summed E-state index contributed by atoms with van der Waals surface area (Å²) < 4.78 is 27.1. The van der Waals surface area contributed by atoms with Crippen LogP contribution in [0.5, 0.6) is 0 Å². The molecule has 1 aromatic heterocycles. The molecule has 2 N–H and O–H groups in total. The number of thiophene rings is 1. The lowest BCUT2D eigenvalue weighted by Crippen LogP contribution is -2.39. The highest BCUT2D eigenvalue weighted by Gasteiger charge is 2.26. The second-order valence-corrected chi connectivity index (χ2v) is 6.92. The van der Waals surface area contributed by atoms with Crippen LogP contribution in [0, 0.1) is 0 Å². The zero-order valence-electron chi connectivity index (χ0n) is 9.90. The van der Waals surface area contributed by atoms with Crippen molar-refractivity contribution in [3.8, 4) is 0 Å². The molecule has 96 valence electrons.